The maximum absolute atomic E-state index is 12.6. The molecule has 1 aliphatic carbocycles. The minimum atomic E-state index is -1.24. The Morgan fingerprint density at radius 2 is 1.89 bits per heavy atom. The van der Waals surface area contributed by atoms with E-state index in [9.17, 15) is 14.8 Å². The van der Waals surface area contributed by atoms with Crippen molar-refractivity contribution in [2.75, 3.05) is 13.6 Å². The third kappa shape index (κ3) is 2.88. The van der Waals surface area contributed by atoms with E-state index in [0.29, 0.717) is 11.8 Å². The molecule has 4 atom stereocenters. The number of nitrogens with zero attached hydrogens (tertiary/aromatic N) is 1. The molecule has 2 rings (SSSR count). The summed E-state index contributed by atoms with van der Waals surface area (Å²) in [4.78, 5) is 14.9. The summed E-state index contributed by atoms with van der Waals surface area (Å²) in [5.74, 6) is 0.594. The molecule has 5 heteroatoms. The Bertz CT molecular complexity index is 353. The summed E-state index contributed by atoms with van der Waals surface area (Å²) < 4.78 is 0. The van der Waals surface area contributed by atoms with Gasteiger partial charge in [0, 0.05) is 23.9 Å². The molecule has 1 heterocycles. The number of ketones is 1. The van der Waals surface area contributed by atoms with E-state index < -0.39 is 7.12 Å². The summed E-state index contributed by atoms with van der Waals surface area (Å²) in [6, 6.07) is 0.436. The Morgan fingerprint density at radius 1 is 1.26 bits per heavy atom. The molecule has 0 aromatic carbocycles. The number of Topliss-reactive ketones (excluding diaryl/α,β-unsaturated/α-hetero) is 1. The molecule has 0 amide bonds. The first-order valence-electron chi connectivity index (χ1n) is 7.32. The average Bonchev–Trinajstić information content (AvgIpc) is 2.64. The molecule has 108 valence electrons. The van der Waals surface area contributed by atoms with Crippen LogP contribution in [0.4, 0.5) is 0 Å². The Kier molecular flexibility index (Phi) is 4.10. The van der Waals surface area contributed by atoms with E-state index >= 15 is 0 Å². The second-order valence-electron chi connectivity index (χ2n) is 7.38. The minimum absolute atomic E-state index is 0.0524. The van der Waals surface area contributed by atoms with E-state index in [1.165, 1.54) is 0 Å². The van der Waals surface area contributed by atoms with Crippen LogP contribution in [0.1, 0.15) is 40.0 Å². The third-order valence-corrected chi connectivity index (χ3v) is 4.97. The Hall–Kier alpha value is -0.385. The van der Waals surface area contributed by atoms with Gasteiger partial charge in [-0.15, -0.1) is 0 Å². The maximum atomic E-state index is 12.6. The number of hydrogen-bond donors (Lipinski definition) is 2. The number of fused-ring (bicyclic) bond motifs is 1. The van der Waals surface area contributed by atoms with Crippen molar-refractivity contribution in [3.8, 4) is 0 Å². The van der Waals surface area contributed by atoms with E-state index in [-0.39, 0.29) is 23.1 Å². The molecule has 0 aromatic rings. The molecule has 1 aliphatic heterocycles. The lowest BCUT2D eigenvalue weighted by Crippen LogP contribution is -2.39. The summed E-state index contributed by atoms with van der Waals surface area (Å²) in [5, 5.41) is 18.8. The predicted octanol–water partition coefficient (Wildman–Crippen LogP) is 1.17. The minimum Gasteiger partial charge on any atom is -0.427 e. The van der Waals surface area contributed by atoms with Crippen LogP contribution in [0.3, 0.4) is 0 Å². The van der Waals surface area contributed by atoms with Gasteiger partial charge in [-0.25, -0.2) is 0 Å². The van der Waals surface area contributed by atoms with Crippen LogP contribution in [-0.4, -0.2) is 47.5 Å². The Labute approximate surface area is 116 Å². The fourth-order valence-corrected chi connectivity index (χ4v) is 3.89. The average molecular weight is 267 g/mol. The van der Waals surface area contributed by atoms with Crippen molar-refractivity contribution in [3.05, 3.63) is 0 Å². The van der Waals surface area contributed by atoms with Crippen LogP contribution >= 0.6 is 0 Å². The van der Waals surface area contributed by atoms with Gasteiger partial charge in [-0.3, -0.25) is 4.79 Å². The van der Waals surface area contributed by atoms with Crippen LogP contribution in [0.25, 0.3) is 0 Å². The van der Waals surface area contributed by atoms with Crippen molar-refractivity contribution < 1.29 is 14.8 Å². The van der Waals surface area contributed by atoms with Gasteiger partial charge in [0.1, 0.15) is 5.78 Å². The van der Waals surface area contributed by atoms with Crippen molar-refractivity contribution >= 4 is 12.9 Å². The number of carbonyl (C=O) groups is 1. The molecule has 2 N–H and O–H groups in total. The number of likely N-dealkylation sites (tertiary alicyclic amines) is 1. The van der Waals surface area contributed by atoms with Crippen LogP contribution in [0.15, 0.2) is 0 Å². The van der Waals surface area contributed by atoms with Gasteiger partial charge in [0.2, 0.25) is 0 Å². The quantitative estimate of drug-likeness (QED) is 0.737. The maximum Gasteiger partial charge on any atom is 0.454 e. The molecular weight excluding hydrogens is 241 g/mol. The van der Waals surface area contributed by atoms with Crippen LogP contribution in [0, 0.1) is 17.3 Å². The van der Waals surface area contributed by atoms with Crippen molar-refractivity contribution in [1.29, 1.82) is 0 Å². The molecule has 1 saturated carbocycles. The van der Waals surface area contributed by atoms with Crippen LogP contribution < -0.4 is 0 Å². The van der Waals surface area contributed by atoms with Gasteiger partial charge in [0.25, 0.3) is 0 Å². The van der Waals surface area contributed by atoms with Gasteiger partial charge >= 0.3 is 7.12 Å². The highest BCUT2D eigenvalue weighted by Gasteiger charge is 2.49. The Morgan fingerprint density at radius 3 is 2.42 bits per heavy atom. The highest BCUT2D eigenvalue weighted by atomic mass is 16.4. The second-order valence-corrected chi connectivity index (χ2v) is 7.38. The smallest absolute Gasteiger partial charge is 0.427 e. The van der Waals surface area contributed by atoms with Crippen molar-refractivity contribution in [1.82, 2.24) is 4.90 Å². The zero-order valence-electron chi connectivity index (χ0n) is 12.5. The Balaban J connectivity index is 2.16. The fourth-order valence-electron chi connectivity index (χ4n) is 3.89. The lowest BCUT2D eigenvalue weighted by Gasteiger charge is -2.36. The summed E-state index contributed by atoms with van der Waals surface area (Å²) in [5.41, 5.74) is -0.314. The molecular formula is C14H26BNO3. The first-order valence-corrected chi connectivity index (χ1v) is 7.32. The lowest BCUT2D eigenvalue weighted by atomic mass is 9.59. The van der Waals surface area contributed by atoms with Crippen LogP contribution in [0.5, 0.6) is 0 Å². The molecule has 4 nitrogen and oxygen atoms in total. The van der Waals surface area contributed by atoms with Gasteiger partial charge < -0.3 is 14.9 Å². The molecule has 4 unspecified atom stereocenters. The van der Waals surface area contributed by atoms with E-state index in [2.05, 4.69) is 11.9 Å². The first-order chi connectivity index (χ1) is 8.71. The summed E-state index contributed by atoms with van der Waals surface area (Å²) in [6.45, 7) is 6.75. The van der Waals surface area contributed by atoms with E-state index in [0.717, 1.165) is 25.8 Å². The molecule has 0 aromatic heterocycles. The van der Waals surface area contributed by atoms with E-state index in [4.69, 9.17) is 0 Å². The molecule has 19 heavy (non-hydrogen) atoms. The van der Waals surface area contributed by atoms with Gasteiger partial charge in [-0.2, -0.15) is 0 Å². The zero-order valence-corrected chi connectivity index (χ0v) is 12.5. The second kappa shape index (κ2) is 5.19. The SMILES string of the molecule is CN1CC(C(=O)C(C)(C)C)C2CC(B(O)O)CCC21. The normalized spacial score (nSPS) is 36.1. The topological polar surface area (TPSA) is 60.8 Å². The molecule has 0 radical (unpaired) electrons. The van der Waals surface area contributed by atoms with E-state index in [1.807, 2.05) is 20.8 Å². The van der Waals surface area contributed by atoms with Gasteiger partial charge in [0.05, 0.1) is 0 Å². The highest BCUT2D eigenvalue weighted by molar-refractivity contribution is 6.43. The highest BCUT2D eigenvalue weighted by Crippen LogP contribution is 2.46. The number of carbonyl (C=O) groups excluding carboxylic acids is 1. The van der Waals surface area contributed by atoms with Crippen molar-refractivity contribution in [2.45, 2.75) is 51.9 Å². The number of hydrogen-bond acceptors (Lipinski definition) is 4. The zero-order chi connectivity index (χ0) is 14.4. The summed E-state index contributed by atoms with van der Waals surface area (Å²) >= 11 is 0. The van der Waals surface area contributed by atoms with Crippen LogP contribution in [-0.2, 0) is 4.79 Å². The molecule has 0 bridgehead atoms. The summed E-state index contributed by atoms with van der Waals surface area (Å²) in [6.07, 6.45) is 2.58. The van der Waals surface area contributed by atoms with Gasteiger partial charge in [-0.05, 0) is 31.6 Å². The third-order valence-electron chi connectivity index (χ3n) is 4.97. The lowest BCUT2D eigenvalue weighted by molar-refractivity contribution is -0.131. The molecule has 1 saturated heterocycles. The van der Waals surface area contributed by atoms with Crippen molar-refractivity contribution in [3.63, 3.8) is 0 Å². The molecule has 0 spiro atoms. The fraction of sp³-hybridized carbons (Fsp3) is 0.929. The van der Waals surface area contributed by atoms with Gasteiger partial charge in [-0.1, -0.05) is 27.2 Å². The first kappa shape index (κ1) is 15.0. The van der Waals surface area contributed by atoms with Gasteiger partial charge in [0.15, 0.2) is 0 Å². The van der Waals surface area contributed by atoms with Crippen LogP contribution in [0.2, 0.25) is 5.82 Å². The standard InChI is InChI=1S/C14H26BNO3/c1-14(2,3)13(17)11-8-16(4)12-6-5-9(15(18)19)7-10(11)12/h9-12,18-19H,5-8H2,1-4H3. The van der Waals surface area contributed by atoms with Crippen molar-refractivity contribution in [2.24, 2.45) is 17.3 Å². The number of rotatable bonds is 2. The van der Waals surface area contributed by atoms with E-state index in [1.54, 1.807) is 0 Å². The molecule has 2 aliphatic rings. The predicted molar refractivity (Wildman–Crippen MR) is 75.7 cm³/mol. The monoisotopic (exact) mass is 267 g/mol. The largest absolute Gasteiger partial charge is 0.454 e. The molecule has 2 fully saturated rings. The summed E-state index contributed by atoms with van der Waals surface area (Å²) in [7, 11) is 0.848.